The van der Waals surface area contributed by atoms with E-state index in [-0.39, 0.29) is 11.3 Å². The van der Waals surface area contributed by atoms with Gasteiger partial charge in [-0.2, -0.15) is 0 Å². The van der Waals surface area contributed by atoms with E-state index in [4.69, 9.17) is 4.74 Å². The number of nitrogens with zero attached hydrogens (tertiary/aromatic N) is 2. The highest BCUT2D eigenvalue weighted by Crippen LogP contribution is 2.49. The standard InChI is InChI=1S/C17H25N3O3S/c1-23-16-4-2-3-13(18-16)11-20-8-7-17(12-20)9-14(10-17)19-24(21,22)15-5-6-15/h2-4,14-15,19H,5-12H2,1H3. The Kier molecular flexibility index (Phi) is 4.05. The second kappa shape index (κ2) is 5.97. The molecular weight excluding hydrogens is 326 g/mol. The van der Waals surface area contributed by atoms with Crippen molar-refractivity contribution < 1.29 is 13.2 Å². The first-order valence-electron chi connectivity index (χ1n) is 8.71. The molecule has 132 valence electrons. The van der Waals surface area contributed by atoms with Crippen molar-refractivity contribution in [3.63, 3.8) is 0 Å². The maximum Gasteiger partial charge on any atom is 0.214 e. The SMILES string of the molecule is COc1cccc(CN2CCC3(CC(NS(=O)(=O)C4CC4)C3)C2)n1. The zero-order valence-corrected chi connectivity index (χ0v) is 14.9. The van der Waals surface area contributed by atoms with E-state index in [2.05, 4.69) is 14.6 Å². The van der Waals surface area contributed by atoms with Gasteiger partial charge in [0, 0.05) is 25.2 Å². The van der Waals surface area contributed by atoms with Crippen molar-refractivity contribution in [1.82, 2.24) is 14.6 Å². The van der Waals surface area contributed by atoms with Crippen LogP contribution in [-0.2, 0) is 16.6 Å². The number of ether oxygens (including phenoxy) is 1. The Labute approximate surface area is 143 Å². The summed E-state index contributed by atoms with van der Waals surface area (Å²) in [6, 6.07) is 6.00. The molecule has 1 N–H and O–H groups in total. The molecule has 1 spiro atoms. The number of rotatable bonds is 6. The molecule has 1 aliphatic heterocycles. The van der Waals surface area contributed by atoms with Crippen molar-refractivity contribution in [1.29, 1.82) is 0 Å². The molecule has 7 heteroatoms. The second-order valence-corrected chi connectivity index (χ2v) is 9.59. The molecule has 1 saturated heterocycles. The van der Waals surface area contributed by atoms with E-state index in [0.717, 1.165) is 57.4 Å². The smallest absolute Gasteiger partial charge is 0.214 e. The van der Waals surface area contributed by atoms with Crippen molar-refractivity contribution in [3.05, 3.63) is 23.9 Å². The average Bonchev–Trinajstić information content (AvgIpc) is 3.30. The average molecular weight is 351 g/mol. The molecule has 1 aromatic rings. The van der Waals surface area contributed by atoms with Crippen molar-refractivity contribution in [2.24, 2.45) is 5.41 Å². The lowest BCUT2D eigenvalue weighted by Gasteiger charge is -2.45. The van der Waals surface area contributed by atoms with E-state index >= 15 is 0 Å². The van der Waals surface area contributed by atoms with E-state index in [0.29, 0.717) is 11.3 Å². The summed E-state index contributed by atoms with van der Waals surface area (Å²) in [4.78, 5) is 6.90. The summed E-state index contributed by atoms with van der Waals surface area (Å²) < 4.78 is 32.1. The van der Waals surface area contributed by atoms with Crippen molar-refractivity contribution in [3.8, 4) is 5.88 Å². The Morgan fingerprint density at radius 3 is 2.88 bits per heavy atom. The summed E-state index contributed by atoms with van der Waals surface area (Å²) in [7, 11) is -1.42. The summed E-state index contributed by atoms with van der Waals surface area (Å²) in [5, 5.41) is -0.117. The van der Waals surface area contributed by atoms with E-state index in [1.54, 1.807) is 7.11 Å². The normalized spacial score (nSPS) is 30.5. The van der Waals surface area contributed by atoms with Crippen molar-refractivity contribution in [2.75, 3.05) is 20.2 Å². The highest BCUT2D eigenvalue weighted by atomic mass is 32.2. The van der Waals surface area contributed by atoms with Crippen LogP contribution < -0.4 is 9.46 Å². The van der Waals surface area contributed by atoms with Gasteiger partial charge in [0.1, 0.15) is 0 Å². The predicted octanol–water partition coefficient (Wildman–Crippen LogP) is 1.53. The maximum absolute atomic E-state index is 12.0. The Morgan fingerprint density at radius 1 is 1.38 bits per heavy atom. The van der Waals surface area contributed by atoms with E-state index in [1.807, 2.05) is 18.2 Å². The van der Waals surface area contributed by atoms with Gasteiger partial charge in [0.05, 0.1) is 18.1 Å². The fourth-order valence-electron chi connectivity index (χ4n) is 4.16. The number of hydrogen-bond acceptors (Lipinski definition) is 5. The zero-order chi connectivity index (χ0) is 16.8. The van der Waals surface area contributed by atoms with Crippen LogP contribution in [0.2, 0.25) is 0 Å². The Balaban J connectivity index is 1.29. The fourth-order valence-corrected chi connectivity index (χ4v) is 5.74. The van der Waals surface area contributed by atoms with Crippen LogP contribution in [0.15, 0.2) is 18.2 Å². The van der Waals surface area contributed by atoms with Gasteiger partial charge in [-0.25, -0.2) is 18.1 Å². The van der Waals surface area contributed by atoms with Crippen LogP contribution in [0, 0.1) is 5.41 Å². The maximum atomic E-state index is 12.0. The van der Waals surface area contributed by atoms with Crippen molar-refractivity contribution >= 4 is 10.0 Å². The van der Waals surface area contributed by atoms with Crippen LogP contribution in [-0.4, -0.2) is 49.8 Å². The summed E-state index contributed by atoms with van der Waals surface area (Å²) in [6.45, 7) is 2.92. The van der Waals surface area contributed by atoms with Gasteiger partial charge in [-0.1, -0.05) is 6.07 Å². The second-order valence-electron chi connectivity index (χ2n) is 7.60. The lowest BCUT2D eigenvalue weighted by Crippen LogP contribution is -2.52. The molecular formula is C17H25N3O3S. The minimum Gasteiger partial charge on any atom is -0.481 e. The van der Waals surface area contributed by atoms with Crippen LogP contribution >= 0.6 is 0 Å². The largest absolute Gasteiger partial charge is 0.481 e. The first-order valence-corrected chi connectivity index (χ1v) is 10.3. The molecule has 24 heavy (non-hydrogen) atoms. The number of likely N-dealkylation sites (tertiary alicyclic amines) is 1. The van der Waals surface area contributed by atoms with Gasteiger partial charge in [0.15, 0.2) is 0 Å². The van der Waals surface area contributed by atoms with Gasteiger partial charge in [0.25, 0.3) is 0 Å². The van der Waals surface area contributed by atoms with Gasteiger partial charge in [-0.05, 0) is 50.1 Å². The lowest BCUT2D eigenvalue weighted by molar-refractivity contribution is 0.101. The third-order valence-electron chi connectivity index (χ3n) is 5.55. The quantitative estimate of drug-likeness (QED) is 0.841. The Hall–Kier alpha value is -1.18. The summed E-state index contributed by atoms with van der Waals surface area (Å²) in [5.74, 6) is 0.652. The van der Waals surface area contributed by atoms with E-state index < -0.39 is 10.0 Å². The molecule has 1 aromatic heterocycles. The van der Waals surface area contributed by atoms with Gasteiger partial charge in [0.2, 0.25) is 15.9 Å². The van der Waals surface area contributed by atoms with Crippen LogP contribution in [0.1, 0.15) is 37.8 Å². The monoisotopic (exact) mass is 351 g/mol. The number of nitrogens with one attached hydrogen (secondary N) is 1. The lowest BCUT2D eigenvalue weighted by atomic mass is 9.65. The highest BCUT2D eigenvalue weighted by Gasteiger charge is 2.50. The van der Waals surface area contributed by atoms with Gasteiger partial charge >= 0.3 is 0 Å². The van der Waals surface area contributed by atoms with E-state index in [1.165, 1.54) is 0 Å². The Bertz CT molecular complexity index is 712. The molecule has 0 unspecified atom stereocenters. The first kappa shape index (κ1) is 16.3. The topological polar surface area (TPSA) is 71.5 Å². The van der Waals surface area contributed by atoms with Crippen molar-refractivity contribution in [2.45, 2.75) is 49.9 Å². The van der Waals surface area contributed by atoms with Crippen LogP contribution in [0.5, 0.6) is 5.88 Å². The molecule has 0 bridgehead atoms. The third-order valence-corrected chi connectivity index (χ3v) is 7.56. The van der Waals surface area contributed by atoms with Gasteiger partial charge in [-0.3, -0.25) is 4.90 Å². The first-order chi connectivity index (χ1) is 11.5. The highest BCUT2D eigenvalue weighted by molar-refractivity contribution is 7.90. The van der Waals surface area contributed by atoms with Gasteiger partial charge in [-0.15, -0.1) is 0 Å². The predicted molar refractivity (Wildman–Crippen MR) is 91.2 cm³/mol. The molecule has 3 fully saturated rings. The fraction of sp³-hybridized carbons (Fsp3) is 0.706. The third kappa shape index (κ3) is 3.30. The molecule has 2 saturated carbocycles. The summed E-state index contributed by atoms with van der Waals surface area (Å²) in [5.41, 5.74) is 1.33. The molecule has 2 heterocycles. The molecule has 0 radical (unpaired) electrons. The molecule has 4 rings (SSSR count). The number of hydrogen-bond donors (Lipinski definition) is 1. The minimum absolute atomic E-state index is 0.117. The van der Waals surface area contributed by atoms with Gasteiger partial charge < -0.3 is 4.74 Å². The minimum atomic E-state index is -3.05. The number of aromatic nitrogens is 1. The molecule has 0 atom stereocenters. The Morgan fingerprint density at radius 2 is 2.17 bits per heavy atom. The van der Waals surface area contributed by atoms with E-state index in [9.17, 15) is 8.42 Å². The molecule has 2 aliphatic carbocycles. The molecule has 0 amide bonds. The number of methoxy groups -OCH3 is 1. The number of sulfonamides is 1. The molecule has 0 aromatic carbocycles. The molecule has 6 nitrogen and oxygen atoms in total. The van der Waals surface area contributed by atoms with Crippen LogP contribution in [0.3, 0.4) is 0 Å². The number of pyridine rings is 1. The molecule has 3 aliphatic rings. The van der Waals surface area contributed by atoms with Crippen LogP contribution in [0.4, 0.5) is 0 Å². The van der Waals surface area contributed by atoms with Crippen LogP contribution in [0.25, 0.3) is 0 Å². The summed E-state index contributed by atoms with van der Waals surface area (Å²) >= 11 is 0. The summed E-state index contributed by atoms with van der Waals surface area (Å²) in [6.07, 6.45) is 4.75. The zero-order valence-electron chi connectivity index (χ0n) is 14.1.